The van der Waals surface area contributed by atoms with Crippen molar-refractivity contribution in [2.75, 3.05) is 0 Å². The van der Waals surface area contributed by atoms with Crippen LogP contribution in [-0.4, -0.2) is 18.0 Å². The molecule has 2 atom stereocenters. The summed E-state index contributed by atoms with van der Waals surface area (Å²) in [5.74, 6) is -0.989. The van der Waals surface area contributed by atoms with Crippen LogP contribution in [0.1, 0.15) is 260 Å². The van der Waals surface area contributed by atoms with Crippen LogP contribution in [0, 0.1) is 0 Å². The average Bonchev–Trinajstić information content (AvgIpc) is 3.65. The summed E-state index contributed by atoms with van der Waals surface area (Å²) >= 11 is 0. The zero-order valence-electron chi connectivity index (χ0n) is 52.5. The van der Waals surface area contributed by atoms with Crippen LogP contribution < -0.4 is 5.30 Å². The zero-order chi connectivity index (χ0) is 57.0. The van der Waals surface area contributed by atoms with Gasteiger partial charge in [-0.3, -0.25) is 0 Å². The topological polar surface area (TPSA) is 36.9 Å². The second-order valence-corrected chi connectivity index (χ2v) is 32.5. The van der Waals surface area contributed by atoms with Gasteiger partial charge in [0.25, 0.3) is 0 Å². The number of fused-ring (bicyclic) bond motifs is 1. The fraction of sp³-hybridized carbons (Fsp3) is 0.577. The third-order valence-electron chi connectivity index (χ3n) is 16.6. The molecule has 0 spiro atoms. The number of benzene rings is 5. The molecule has 4 nitrogen and oxygen atoms in total. The molecule has 7 rings (SSSR count). The lowest BCUT2D eigenvalue weighted by atomic mass is 9.67. The van der Waals surface area contributed by atoms with Crippen LogP contribution in [-0.2, 0) is 73.0 Å². The van der Waals surface area contributed by atoms with Gasteiger partial charge in [-0.05, 0) is 135 Å². The quantitative estimate of drug-likeness (QED) is 0.152. The molecule has 414 valence electrons. The predicted octanol–water partition coefficient (Wildman–Crippen LogP) is 19.2. The minimum atomic E-state index is -1.99. The average molecular weight is 1050 g/mol. The van der Waals surface area contributed by atoms with Gasteiger partial charge in [-0.2, -0.15) is 0 Å². The molecular formula is C71H101O4P. The van der Waals surface area contributed by atoms with Crippen molar-refractivity contribution in [3.63, 3.8) is 0 Å². The van der Waals surface area contributed by atoms with E-state index in [9.17, 15) is 0 Å². The van der Waals surface area contributed by atoms with Gasteiger partial charge in [-0.15, -0.1) is 0 Å². The maximum absolute atomic E-state index is 8.65. The van der Waals surface area contributed by atoms with E-state index in [1.165, 1.54) is 44.5 Å². The van der Waals surface area contributed by atoms with Crippen LogP contribution in [0.25, 0.3) is 0 Å². The standard InChI is InChI=1S/C71H101O4P/c1-27-69(28-2)72-59-60(73-69)71(56-42-50(65(15,16)17)36-51(43-56)66(18,19)20,57-44-52(67(21,22)23)37-53(45-57)68(24,25)26)75-76(58-32-30-29-31-33-58)74-70(59,54-38-46(61(3,4)5)34-47(39-54)62(6,7)8)55-40-48(63(9,10)11)35-49(41-55)64(12,13)14/h29-45,59-60H,27-28H2,1-26H3/t59-,60-/m1/s1. The molecule has 2 heterocycles. The molecule has 5 heteroatoms. The van der Waals surface area contributed by atoms with E-state index in [0.717, 1.165) is 27.6 Å². The minimum absolute atomic E-state index is 0.202. The van der Waals surface area contributed by atoms with E-state index in [0.29, 0.717) is 12.8 Å². The summed E-state index contributed by atoms with van der Waals surface area (Å²) in [5.41, 5.74) is 9.96. The zero-order valence-corrected chi connectivity index (χ0v) is 53.4. The van der Waals surface area contributed by atoms with Gasteiger partial charge in [0.2, 0.25) is 8.38 Å². The Hall–Kier alpha value is -3.63. The molecule has 0 bridgehead atoms. The monoisotopic (exact) mass is 1050 g/mol. The fourth-order valence-corrected chi connectivity index (χ4v) is 12.7. The summed E-state index contributed by atoms with van der Waals surface area (Å²) < 4.78 is 33.7. The van der Waals surface area contributed by atoms with Gasteiger partial charge in [0, 0.05) is 5.30 Å². The van der Waals surface area contributed by atoms with Crippen molar-refractivity contribution < 1.29 is 18.5 Å². The Balaban J connectivity index is 1.86. The van der Waals surface area contributed by atoms with Gasteiger partial charge in [0.1, 0.15) is 12.2 Å². The molecule has 2 fully saturated rings. The Morgan fingerprint density at radius 1 is 0.329 bits per heavy atom. The number of hydrogen-bond acceptors (Lipinski definition) is 4. The summed E-state index contributed by atoms with van der Waals surface area (Å²) in [6.07, 6.45) is -0.235. The highest BCUT2D eigenvalue weighted by Crippen LogP contribution is 2.66. The van der Waals surface area contributed by atoms with Crippen molar-refractivity contribution in [1.29, 1.82) is 0 Å². The maximum Gasteiger partial charge on any atom is 0.207 e. The number of ether oxygens (including phenoxy) is 2. The first-order chi connectivity index (χ1) is 34.5. The van der Waals surface area contributed by atoms with Crippen LogP contribution in [0.5, 0.6) is 0 Å². The predicted molar refractivity (Wildman–Crippen MR) is 325 cm³/mol. The number of rotatable bonds is 7. The van der Waals surface area contributed by atoms with Crippen molar-refractivity contribution in [2.45, 2.75) is 265 Å². The van der Waals surface area contributed by atoms with Crippen LogP contribution in [0.4, 0.5) is 0 Å². The third kappa shape index (κ3) is 11.7. The lowest BCUT2D eigenvalue weighted by Crippen LogP contribution is -2.54. The second kappa shape index (κ2) is 19.9. The van der Waals surface area contributed by atoms with E-state index in [1.807, 2.05) is 0 Å². The van der Waals surface area contributed by atoms with E-state index in [2.05, 4.69) is 283 Å². The summed E-state index contributed by atoms with van der Waals surface area (Å²) in [4.78, 5) is 0. The van der Waals surface area contributed by atoms with Gasteiger partial charge in [0.15, 0.2) is 17.0 Å². The molecule has 0 aromatic heterocycles. The second-order valence-electron chi connectivity index (χ2n) is 31.1. The Bertz CT molecular complexity index is 2420. The van der Waals surface area contributed by atoms with E-state index in [-0.39, 0.29) is 43.3 Å². The Labute approximate surface area is 465 Å². The van der Waals surface area contributed by atoms with Crippen molar-refractivity contribution in [1.82, 2.24) is 0 Å². The summed E-state index contributed by atoms with van der Waals surface area (Å²) in [6, 6.07) is 40.2. The van der Waals surface area contributed by atoms with Gasteiger partial charge >= 0.3 is 0 Å². The summed E-state index contributed by atoms with van der Waals surface area (Å²) in [5, 5.41) is 0.987. The van der Waals surface area contributed by atoms with E-state index in [1.54, 1.807) is 0 Å². The highest BCUT2D eigenvalue weighted by molar-refractivity contribution is 7.56. The molecule has 0 N–H and O–H groups in total. The molecule has 2 aliphatic heterocycles. The van der Waals surface area contributed by atoms with E-state index in [4.69, 9.17) is 18.5 Å². The van der Waals surface area contributed by atoms with E-state index < -0.39 is 37.6 Å². The molecular weight excluding hydrogens is 948 g/mol. The van der Waals surface area contributed by atoms with Crippen molar-refractivity contribution in [3.8, 4) is 0 Å². The highest BCUT2D eigenvalue weighted by atomic mass is 31.2. The molecule has 76 heavy (non-hydrogen) atoms. The van der Waals surface area contributed by atoms with Crippen molar-refractivity contribution in [3.05, 3.63) is 170 Å². The van der Waals surface area contributed by atoms with Gasteiger partial charge in [-0.1, -0.05) is 271 Å². The molecule has 0 aliphatic carbocycles. The SMILES string of the molecule is CCC1(CC)O[C@@H]2[C@@H](O1)C(c1cc(C(C)(C)C)cc(C(C)(C)C)c1)(c1cc(C(C)(C)C)cc(C(C)(C)C)c1)OP(c1ccccc1)OC2(c1cc(C(C)(C)C)cc(C(C)(C)C)c1)c1cc(C(C)(C)C)cc(C(C)(C)C)c1. The smallest absolute Gasteiger partial charge is 0.207 e. The first-order valence-electron chi connectivity index (χ1n) is 28.7. The number of hydrogen-bond donors (Lipinski definition) is 0. The molecule has 0 unspecified atom stereocenters. The molecule has 2 saturated heterocycles. The lowest BCUT2D eigenvalue weighted by molar-refractivity contribution is -0.201. The minimum Gasteiger partial charge on any atom is -0.340 e. The maximum atomic E-state index is 8.65. The lowest BCUT2D eigenvalue weighted by Gasteiger charge is -2.44. The first-order valence-corrected chi connectivity index (χ1v) is 29.9. The normalized spacial score (nSPS) is 19.9. The molecule has 5 aromatic rings. The summed E-state index contributed by atoms with van der Waals surface area (Å²) in [7, 11) is -1.99. The molecule has 0 radical (unpaired) electrons. The van der Waals surface area contributed by atoms with Crippen LogP contribution >= 0.6 is 8.38 Å². The van der Waals surface area contributed by atoms with E-state index >= 15 is 0 Å². The molecule has 2 aliphatic rings. The third-order valence-corrected chi connectivity index (χ3v) is 18.3. The van der Waals surface area contributed by atoms with Crippen LogP contribution in [0.3, 0.4) is 0 Å². The van der Waals surface area contributed by atoms with Crippen LogP contribution in [0.15, 0.2) is 103 Å². The fourth-order valence-electron chi connectivity index (χ4n) is 10.9. The van der Waals surface area contributed by atoms with Gasteiger partial charge in [0.05, 0.1) is 0 Å². The van der Waals surface area contributed by atoms with Crippen molar-refractivity contribution in [2.24, 2.45) is 0 Å². The Kier molecular flexibility index (Phi) is 15.7. The van der Waals surface area contributed by atoms with Crippen LogP contribution in [0.2, 0.25) is 0 Å². The molecule has 0 saturated carbocycles. The summed E-state index contributed by atoms with van der Waals surface area (Å²) in [6.45, 7) is 60.5. The Morgan fingerprint density at radius 2 is 0.539 bits per heavy atom. The van der Waals surface area contributed by atoms with Crippen molar-refractivity contribution >= 4 is 13.7 Å². The molecule has 0 amide bonds. The largest absolute Gasteiger partial charge is 0.340 e. The Morgan fingerprint density at radius 3 is 0.724 bits per heavy atom. The first kappa shape index (κ1) is 60.0. The highest BCUT2D eigenvalue weighted by Gasteiger charge is 2.68. The molecule has 5 aromatic carbocycles. The van der Waals surface area contributed by atoms with Gasteiger partial charge < -0.3 is 18.5 Å². The van der Waals surface area contributed by atoms with Gasteiger partial charge in [-0.25, -0.2) is 0 Å².